The lowest BCUT2D eigenvalue weighted by molar-refractivity contribution is 0.480. The normalized spacial score (nSPS) is 15.1. The summed E-state index contributed by atoms with van der Waals surface area (Å²) in [5.41, 5.74) is 8.40. The number of nitrogens with zero attached hydrogens (tertiary/aromatic N) is 2. The minimum Gasteiger partial charge on any atom is -0.543 e. The van der Waals surface area contributed by atoms with Crippen LogP contribution < -0.4 is 4.43 Å². The van der Waals surface area contributed by atoms with Crippen molar-refractivity contribution in [2.24, 2.45) is 4.99 Å². The highest BCUT2D eigenvalue weighted by Crippen LogP contribution is 2.43. The summed E-state index contributed by atoms with van der Waals surface area (Å²) in [6.07, 6.45) is 6.04. The van der Waals surface area contributed by atoms with E-state index in [9.17, 15) is 8.63 Å². The van der Waals surface area contributed by atoms with Gasteiger partial charge in [0.1, 0.15) is 5.75 Å². The lowest BCUT2D eigenvalue weighted by atomic mass is 9.95. The lowest BCUT2D eigenvalue weighted by Crippen LogP contribution is -2.50. The van der Waals surface area contributed by atoms with E-state index in [1.165, 1.54) is 0 Å². The van der Waals surface area contributed by atoms with Crippen molar-refractivity contribution in [3.05, 3.63) is 110 Å². The zero-order valence-corrected chi connectivity index (χ0v) is 29.8. The van der Waals surface area contributed by atoms with Gasteiger partial charge < -0.3 is 8.90 Å². The molecule has 226 valence electrons. The first kappa shape index (κ1) is 33.2. The Balaban J connectivity index is 1.70. The summed E-state index contributed by atoms with van der Waals surface area (Å²) in [5, 5.41) is 0. The van der Waals surface area contributed by atoms with Crippen molar-refractivity contribution >= 4 is 55.7 Å². The topological polar surface area (TPSA) is 26.5 Å². The van der Waals surface area contributed by atoms with Crippen LogP contribution in [0.15, 0.2) is 83.0 Å². The SMILES string of the molecule is CC1=CC(/C=C/c2ccc(O[Si](C(C)C)(C(C)C)C(C)C)cc2)=NC/1=C(/c1ccc(I)cc1)c1c(C)cc(C)n1B(F)F. The van der Waals surface area contributed by atoms with Crippen molar-refractivity contribution in [3.8, 4) is 5.75 Å². The summed E-state index contributed by atoms with van der Waals surface area (Å²) in [6, 6.07) is 18.1. The maximum absolute atomic E-state index is 14.3. The van der Waals surface area contributed by atoms with Gasteiger partial charge in [-0.2, -0.15) is 0 Å². The minimum atomic E-state index is -2.65. The van der Waals surface area contributed by atoms with Crippen LogP contribution in [0, 0.1) is 17.4 Å². The van der Waals surface area contributed by atoms with Gasteiger partial charge in [0, 0.05) is 20.5 Å². The van der Waals surface area contributed by atoms with E-state index < -0.39 is 15.7 Å². The van der Waals surface area contributed by atoms with Crippen LogP contribution in [-0.4, -0.2) is 25.9 Å². The molecule has 0 bridgehead atoms. The van der Waals surface area contributed by atoms with Crippen molar-refractivity contribution in [1.82, 2.24) is 4.48 Å². The zero-order valence-electron chi connectivity index (χ0n) is 26.7. The van der Waals surface area contributed by atoms with E-state index in [0.717, 1.165) is 41.8 Å². The molecule has 0 unspecified atom stereocenters. The van der Waals surface area contributed by atoms with Crippen LogP contribution >= 0.6 is 22.6 Å². The molecule has 4 rings (SSSR count). The van der Waals surface area contributed by atoms with Crippen molar-refractivity contribution in [2.45, 2.75) is 78.9 Å². The Morgan fingerprint density at radius 3 is 2.00 bits per heavy atom. The average molecular weight is 711 g/mol. The quantitative estimate of drug-likeness (QED) is 0.152. The smallest absolute Gasteiger partial charge is 0.543 e. The standard InChI is InChI=1S/C35H42BF2IN2OSi/c1-22(2)43(23(3)4,24(5)6)42-32-18-11-28(12-19-32)10-17-31-21-25(7)34(40-31)33(29-13-15-30(39)16-14-29)35-26(8)20-27(9)41(35)36(37)38/h10-24H,1-9H3/b17-10+,34-33-. The van der Waals surface area contributed by atoms with E-state index in [2.05, 4.69) is 88.4 Å². The average Bonchev–Trinajstić information content (AvgIpc) is 3.45. The Bertz CT molecular complexity index is 1560. The maximum Gasteiger partial charge on any atom is 0.677 e. The Hall–Kier alpha value is -2.72. The Morgan fingerprint density at radius 2 is 1.47 bits per heavy atom. The van der Waals surface area contributed by atoms with E-state index in [1.807, 2.05) is 62.4 Å². The fraction of sp³-hybridized carbons (Fsp3) is 0.343. The van der Waals surface area contributed by atoms with E-state index in [4.69, 9.17) is 9.42 Å². The highest BCUT2D eigenvalue weighted by atomic mass is 127. The van der Waals surface area contributed by atoms with Crippen molar-refractivity contribution < 1.29 is 13.1 Å². The molecule has 3 aromatic rings. The highest BCUT2D eigenvalue weighted by molar-refractivity contribution is 14.1. The van der Waals surface area contributed by atoms with Gasteiger partial charge in [-0.15, -0.1) is 0 Å². The van der Waals surface area contributed by atoms with Crippen molar-refractivity contribution in [1.29, 1.82) is 0 Å². The molecule has 0 spiro atoms. The second-order valence-corrected chi connectivity index (χ2v) is 19.0. The Labute approximate surface area is 271 Å². The molecule has 0 fully saturated rings. The van der Waals surface area contributed by atoms with E-state index in [1.54, 1.807) is 6.92 Å². The molecule has 8 heteroatoms. The predicted octanol–water partition coefficient (Wildman–Crippen LogP) is 10.9. The van der Waals surface area contributed by atoms with Crippen LogP contribution in [0.4, 0.5) is 8.63 Å². The number of hydrogen-bond donors (Lipinski definition) is 0. The molecular weight excluding hydrogens is 668 g/mol. The van der Waals surface area contributed by atoms with Gasteiger partial charge in [0.15, 0.2) is 0 Å². The number of benzene rings is 2. The van der Waals surface area contributed by atoms with Gasteiger partial charge in [0.2, 0.25) is 0 Å². The summed E-state index contributed by atoms with van der Waals surface area (Å²) in [7, 11) is -4.68. The van der Waals surface area contributed by atoms with Gasteiger partial charge in [-0.3, -0.25) is 8.63 Å². The first-order valence-corrected chi connectivity index (χ1v) is 18.2. The van der Waals surface area contributed by atoms with Gasteiger partial charge in [-0.05, 0) is 125 Å². The van der Waals surface area contributed by atoms with Crippen LogP contribution in [0.1, 0.15) is 76.5 Å². The molecule has 3 nitrogen and oxygen atoms in total. The Morgan fingerprint density at radius 1 is 0.884 bits per heavy atom. The number of allylic oxidation sites excluding steroid dienone is 3. The van der Waals surface area contributed by atoms with Crippen LogP contribution in [0.2, 0.25) is 16.6 Å². The van der Waals surface area contributed by atoms with Crippen LogP contribution in [-0.2, 0) is 0 Å². The van der Waals surface area contributed by atoms with Gasteiger partial charge in [0.25, 0.3) is 8.32 Å². The monoisotopic (exact) mass is 710 g/mol. The minimum absolute atomic E-state index is 0.504. The fourth-order valence-electron chi connectivity index (χ4n) is 6.65. The number of aromatic nitrogens is 1. The van der Waals surface area contributed by atoms with E-state index >= 15 is 0 Å². The molecular formula is C35H42BF2IN2OSi. The van der Waals surface area contributed by atoms with E-state index in [0.29, 0.717) is 39.3 Å². The number of aryl methyl sites for hydroxylation is 2. The van der Waals surface area contributed by atoms with E-state index in [-0.39, 0.29) is 0 Å². The van der Waals surface area contributed by atoms with Crippen LogP contribution in [0.25, 0.3) is 11.6 Å². The van der Waals surface area contributed by atoms with Crippen molar-refractivity contribution in [3.63, 3.8) is 0 Å². The zero-order chi connectivity index (χ0) is 31.6. The van der Waals surface area contributed by atoms with Gasteiger partial charge in [-0.1, -0.05) is 71.9 Å². The second kappa shape index (κ2) is 13.5. The molecule has 1 aliphatic heterocycles. The number of hydrogen-bond acceptors (Lipinski definition) is 2. The maximum atomic E-state index is 14.3. The highest BCUT2D eigenvalue weighted by Gasteiger charge is 2.47. The first-order valence-electron chi connectivity index (χ1n) is 15.0. The molecule has 2 heterocycles. The second-order valence-electron chi connectivity index (χ2n) is 12.4. The molecule has 0 atom stereocenters. The first-order chi connectivity index (χ1) is 20.3. The number of rotatable bonds is 10. The number of aliphatic imine (C=N–C) groups is 1. The van der Waals surface area contributed by atoms with Crippen LogP contribution in [0.5, 0.6) is 5.75 Å². The third kappa shape index (κ3) is 6.85. The van der Waals surface area contributed by atoms with Crippen LogP contribution in [0.3, 0.4) is 0 Å². The molecule has 0 N–H and O–H groups in total. The van der Waals surface area contributed by atoms with Crippen molar-refractivity contribution in [2.75, 3.05) is 0 Å². The molecule has 1 aromatic heterocycles. The predicted molar refractivity (Wildman–Crippen MR) is 191 cm³/mol. The summed E-state index contributed by atoms with van der Waals surface area (Å²) in [5.74, 6) is 0.925. The van der Waals surface area contributed by atoms with Gasteiger partial charge in [0.05, 0.1) is 11.4 Å². The molecule has 0 saturated carbocycles. The third-order valence-electron chi connectivity index (χ3n) is 8.53. The van der Waals surface area contributed by atoms with Gasteiger partial charge >= 0.3 is 7.40 Å². The molecule has 0 aliphatic carbocycles. The summed E-state index contributed by atoms with van der Waals surface area (Å²) >= 11 is 2.26. The largest absolute Gasteiger partial charge is 0.677 e. The summed E-state index contributed by atoms with van der Waals surface area (Å²) < 4.78 is 37.7. The lowest BCUT2D eigenvalue weighted by Gasteiger charge is -2.42. The third-order valence-corrected chi connectivity index (χ3v) is 15.3. The summed E-state index contributed by atoms with van der Waals surface area (Å²) in [6.45, 7) is 19.4. The molecule has 2 aromatic carbocycles. The summed E-state index contributed by atoms with van der Waals surface area (Å²) in [4.78, 5) is 4.97. The molecule has 0 radical (unpaired) electrons. The molecule has 1 aliphatic rings. The molecule has 0 amide bonds. The molecule has 43 heavy (non-hydrogen) atoms. The fourth-order valence-corrected chi connectivity index (χ4v) is 12.3. The number of halogens is 3. The Kier molecular flexibility index (Phi) is 10.4. The van der Waals surface area contributed by atoms with Gasteiger partial charge in [-0.25, -0.2) is 4.99 Å². The molecule has 0 saturated heterocycles.